The third kappa shape index (κ3) is 3.55. The summed E-state index contributed by atoms with van der Waals surface area (Å²) < 4.78 is 11.6. The van der Waals surface area contributed by atoms with Crippen LogP contribution >= 0.6 is 11.6 Å². The maximum absolute atomic E-state index is 5.91. The number of amidine groups is 1. The number of hydrogen-bond acceptors (Lipinski definition) is 5. The Morgan fingerprint density at radius 2 is 2.00 bits per heavy atom. The minimum Gasteiger partial charge on any atom is -0.473 e. The maximum atomic E-state index is 5.91. The molecule has 0 bridgehead atoms. The summed E-state index contributed by atoms with van der Waals surface area (Å²) in [4.78, 5) is 8.57. The number of nitrogens with one attached hydrogen (secondary N) is 1. The van der Waals surface area contributed by atoms with Gasteiger partial charge in [-0.05, 0) is 48.0 Å². The predicted octanol–water partition coefficient (Wildman–Crippen LogP) is 3.22. The van der Waals surface area contributed by atoms with E-state index in [1.165, 1.54) is 0 Å². The average molecular weight is 355 g/mol. The average Bonchev–Trinajstić information content (AvgIpc) is 3.14. The van der Waals surface area contributed by atoms with Crippen LogP contribution in [0.2, 0.25) is 5.02 Å². The molecule has 7 heteroatoms. The van der Waals surface area contributed by atoms with Crippen molar-refractivity contribution >= 4 is 29.0 Å². The van der Waals surface area contributed by atoms with Crippen LogP contribution in [0.1, 0.15) is 5.56 Å². The summed E-state index contributed by atoms with van der Waals surface area (Å²) in [5.41, 5.74) is 5.69. The zero-order chi connectivity index (χ0) is 17.1. The number of aliphatic imine (C=N–C) groups is 1. The van der Waals surface area contributed by atoms with Gasteiger partial charge in [-0.2, -0.15) is 0 Å². The number of hydrogen-bond donors (Lipinski definition) is 1. The lowest BCUT2D eigenvalue weighted by molar-refractivity contribution is 0.137. The van der Waals surface area contributed by atoms with Gasteiger partial charge in [0.05, 0.1) is 12.3 Å². The third-order valence-electron chi connectivity index (χ3n) is 3.82. The van der Waals surface area contributed by atoms with E-state index in [9.17, 15) is 0 Å². The van der Waals surface area contributed by atoms with Gasteiger partial charge in [0.2, 0.25) is 5.90 Å². The first-order valence-corrected chi connectivity index (χ1v) is 8.19. The number of ether oxygens (including phenoxy) is 2. The molecule has 0 aliphatic carbocycles. The number of nitrogens with zero attached hydrogens (tertiary/aromatic N) is 3. The number of hydrazone groups is 1. The van der Waals surface area contributed by atoms with E-state index >= 15 is 0 Å². The fourth-order valence-electron chi connectivity index (χ4n) is 2.57. The fraction of sp³-hybridized carbons (Fsp3) is 0.167. The molecule has 6 nitrogen and oxygen atoms in total. The van der Waals surface area contributed by atoms with Crippen molar-refractivity contribution in [2.45, 2.75) is 12.7 Å². The van der Waals surface area contributed by atoms with Crippen molar-refractivity contribution in [3.63, 3.8) is 0 Å². The topological polar surface area (TPSA) is 68.1 Å². The monoisotopic (exact) mass is 354 g/mol. The van der Waals surface area contributed by atoms with Crippen LogP contribution in [0, 0.1) is 0 Å². The molecule has 1 aromatic carbocycles. The van der Waals surface area contributed by atoms with Crippen molar-refractivity contribution in [1.82, 2.24) is 10.4 Å². The summed E-state index contributed by atoms with van der Waals surface area (Å²) >= 11 is 5.91. The van der Waals surface area contributed by atoms with E-state index in [2.05, 4.69) is 20.5 Å². The zero-order valence-electron chi connectivity index (χ0n) is 13.2. The Hall–Kier alpha value is -2.70. The molecule has 1 N–H and O–H groups in total. The van der Waals surface area contributed by atoms with Crippen LogP contribution in [-0.2, 0) is 16.1 Å². The second-order valence-electron chi connectivity index (χ2n) is 5.52. The lowest BCUT2D eigenvalue weighted by Crippen LogP contribution is -2.39. The molecule has 3 heterocycles. The highest BCUT2D eigenvalue weighted by atomic mass is 35.5. The molecule has 0 amide bonds. The molecule has 0 radical (unpaired) electrons. The van der Waals surface area contributed by atoms with Gasteiger partial charge in [-0.3, -0.25) is 10.4 Å². The molecule has 2 aliphatic heterocycles. The van der Waals surface area contributed by atoms with Crippen molar-refractivity contribution in [2.75, 3.05) is 6.61 Å². The SMILES string of the molecule is Clc1ccc(N=C2NN=C(OCc3ccncc3)C3OCC=C23)cc1. The van der Waals surface area contributed by atoms with E-state index in [1.807, 2.05) is 30.3 Å². The molecule has 1 aromatic heterocycles. The lowest BCUT2D eigenvalue weighted by atomic mass is 10.1. The second kappa shape index (κ2) is 7.04. The van der Waals surface area contributed by atoms with Gasteiger partial charge in [0, 0.05) is 23.0 Å². The molecule has 25 heavy (non-hydrogen) atoms. The largest absolute Gasteiger partial charge is 0.473 e. The first-order valence-electron chi connectivity index (χ1n) is 7.81. The van der Waals surface area contributed by atoms with Gasteiger partial charge >= 0.3 is 0 Å². The highest BCUT2D eigenvalue weighted by Gasteiger charge is 2.34. The van der Waals surface area contributed by atoms with Crippen molar-refractivity contribution < 1.29 is 9.47 Å². The number of fused-ring (bicyclic) bond motifs is 1. The van der Waals surface area contributed by atoms with E-state index in [0.717, 1.165) is 16.8 Å². The Morgan fingerprint density at radius 1 is 1.20 bits per heavy atom. The third-order valence-corrected chi connectivity index (χ3v) is 4.07. The van der Waals surface area contributed by atoms with Gasteiger partial charge in [0.25, 0.3) is 0 Å². The number of halogens is 1. The smallest absolute Gasteiger partial charge is 0.240 e. The molecule has 126 valence electrons. The Labute approximate surface area is 149 Å². The molecule has 0 spiro atoms. The molecule has 2 aromatic rings. The number of aromatic nitrogens is 1. The van der Waals surface area contributed by atoms with Crippen LogP contribution < -0.4 is 5.43 Å². The summed E-state index contributed by atoms with van der Waals surface area (Å²) in [6.45, 7) is 0.902. The summed E-state index contributed by atoms with van der Waals surface area (Å²) in [5, 5.41) is 4.96. The Kier molecular flexibility index (Phi) is 4.45. The summed E-state index contributed by atoms with van der Waals surface area (Å²) in [7, 11) is 0. The van der Waals surface area contributed by atoms with Crippen molar-refractivity contribution in [2.24, 2.45) is 10.1 Å². The summed E-state index contributed by atoms with van der Waals surface area (Å²) in [6.07, 6.45) is 5.10. The van der Waals surface area contributed by atoms with Gasteiger partial charge in [-0.15, -0.1) is 5.10 Å². The minimum atomic E-state index is -0.339. The van der Waals surface area contributed by atoms with Crippen molar-refractivity contribution in [3.05, 3.63) is 71.0 Å². The van der Waals surface area contributed by atoms with Gasteiger partial charge in [0.15, 0.2) is 11.9 Å². The van der Waals surface area contributed by atoms with Crippen LogP contribution in [0.3, 0.4) is 0 Å². The van der Waals surface area contributed by atoms with Gasteiger partial charge in [0.1, 0.15) is 6.61 Å². The quantitative estimate of drug-likeness (QED) is 0.918. The van der Waals surface area contributed by atoms with Crippen LogP contribution in [-0.4, -0.2) is 29.4 Å². The summed E-state index contributed by atoms with van der Waals surface area (Å²) in [5.74, 6) is 1.15. The van der Waals surface area contributed by atoms with Crippen molar-refractivity contribution in [1.29, 1.82) is 0 Å². The summed E-state index contributed by atoms with van der Waals surface area (Å²) in [6, 6.07) is 11.1. The van der Waals surface area contributed by atoms with Crippen LogP contribution in [0.15, 0.2) is 70.5 Å². The fourth-order valence-corrected chi connectivity index (χ4v) is 2.69. The predicted molar refractivity (Wildman–Crippen MR) is 96.0 cm³/mol. The normalized spacial score (nSPS) is 20.5. The molecule has 0 saturated heterocycles. The minimum absolute atomic E-state index is 0.339. The molecular formula is C18H15ClN4O2. The number of pyridine rings is 1. The molecule has 0 saturated carbocycles. The Balaban J connectivity index is 1.52. The van der Waals surface area contributed by atoms with Gasteiger partial charge < -0.3 is 9.47 Å². The Bertz CT molecular complexity index is 847. The lowest BCUT2D eigenvalue weighted by Gasteiger charge is -2.23. The first kappa shape index (κ1) is 15.8. The van der Waals surface area contributed by atoms with E-state index in [1.54, 1.807) is 24.5 Å². The van der Waals surface area contributed by atoms with Gasteiger partial charge in [-0.25, -0.2) is 4.99 Å². The van der Waals surface area contributed by atoms with Crippen molar-refractivity contribution in [3.8, 4) is 0 Å². The molecular weight excluding hydrogens is 340 g/mol. The molecule has 4 rings (SSSR count). The maximum Gasteiger partial charge on any atom is 0.240 e. The van der Waals surface area contributed by atoms with Crippen LogP contribution in [0.5, 0.6) is 0 Å². The zero-order valence-corrected chi connectivity index (χ0v) is 14.0. The Morgan fingerprint density at radius 3 is 2.80 bits per heavy atom. The molecule has 1 atom stereocenters. The van der Waals surface area contributed by atoms with Gasteiger partial charge in [-0.1, -0.05) is 11.6 Å². The number of rotatable bonds is 3. The van der Waals surface area contributed by atoms with Crippen LogP contribution in [0.4, 0.5) is 5.69 Å². The second-order valence-corrected chi connectivity index (χ2v) is 5.95. The number of benzene rings is 1. The van der Waals surface area contributed by atoms with E-state index < -0.39 is 0 Å². The first-order chi connectivity index (χ1) is 12.3. The molecule has 0 fully saturated rings. The van der Waals surface area contributed by atoms with E-state index in [-0.39, 0.29) is 6.10 Å². The molecule has 1 unspecified atom stereocenters. The molecule has 2 aliphatic rings. The van der Waals surface area contributed by atoms with E-state index in [4.69, 9.17) is 21.1 Å². The van der Waals surface area contributed by atoms with E-state index in [0.29, 0.717) is 30.0 Å². The van der Waals surface area contributed by atoms with Crippen LogP contribution in [0.25, 0.3) is 0 Å². The highest BCUT2D eigenvalue weighted by molar-refractivity contribution is 6.30. The standard InChI is InChI=1S/C18H15ClN4O2/c19-13-1-3-14(4-2-13)21-17-15-7-10-24-16(15)18(23-22-17)25-11-12-5-8-20-9-6-12/h1-9,16H,10-11H2,(H,21,22). The highest BCUT2D eigenvalue weighted by Crippen LogP contribution is 2.24.